The summed E-state index contributed by atoms with van der Waals surface area (Å²) in [5.74, 6) is 0.896. The summed E-state index contributed by atoms with van der Waals surface area (Å²) in [6.45, 7) is 0.844. The van der Waals surface area contributed by atoms with Crippen molar-refractivity contribution in [3.05, 3.63) is 83.0 Å². The lowest BCUT2D eigenvalue weighted by atomic mass is 10.0. The Hall–Kier alpha value is -4.04. The molecule has 3 aromatic heterocycles. The van der Waals surface area contributed by atoms with Crippen LogP contribution in [-0.4, -0.2) is 34.5 Å². The molecule has 0 fully saturated rings. The van der Waals surface area contributed by atoms with Gasteiger partial charge in [-0.25, -0.2) is 0 Å². The zero-order chi connectivity index (χ0) is 23.5. The molecule has 0 saturated carbocycles. The Morgan fingerprint density at radius 3 is 2.88 bits per heavy atom. The predicted molar refractivity (Wildman–Crippen MR) is 130 cm³/mol. The van der Waals surface area contributed by atoms with Gasteiger partial charge in [-0.15, -0.1) is 0 Å². The van der Waals surface area contributed by atoms with Gasteiger partial charge >= 0.3 is 0 Å². The maximum absolute atomic E-state index is 12.9. The van der Waals surface area contributed by atoms with E-state index in [-0.39, 0.29) is 12.5 Å². The number of fused-ring (bicyclic) bond motifs is 1. The van der Waals surface area contributed by atoms with Crippen molar-refractivity contribution in [3.63, 3.8) is 0 Å². The molecular formula is C25H22ClN5O3. The molecule has 1 amide bonds. The number of aromatic nitrogens is 3. The number of methoxy groups -OCH3 is 1. The third-order valence-corrected chi connectivity index (χ3v) is 5.85. The minimum atomic E-state index is -0.155. The summed E-state index contributed by atoms with van der Waals surface area (Å²) in [7, 11) is 1.55. The first-order chi connectivity index (χ1) is 16.7. The molecule has 0 aliphatic carbocycles. The van der Waals surface area contributed by atoms with Crippen molar-refractivity contribution in [2.75, 3.05) is 19.0 Å². The van der Waals surface area contributed by atoms with Crippen LogP contribution < -0.4 is 20.1 Å². The Morgan fingerprint density at radius 2 is 2.06 bits per heavy atom. The van der Waals surface area contributed by atoms with Crippen molar-refractivity contribution >= 4 is 28.9 Å². The van der Waals surface area contributed by atoms with Gasteiger partial charge in [0.05, 0.1) is 46.7 Å². The average Bonchev–Trinajstić information content (AvgIpc) is 3.23. The fraction of sp³-hybridized carbons (Fsp3) is 0.160. The van der Waals surface area contributed by atoms with Crippen LogP contribution >= 0.6 is 11.6 Å². The zero-order valence-corrected chi connectivity index (χ0v) is 19.1. The lowest BCUT2D eigenvalue weighted by molar-refractivity contribution is 0.0947. The first-order valence-corrected chi connectivity index (χ1v) is 11.1. The average molecular weight is 476 g/mol. The van der Waals surface area contributed by atoms with E-state index in [1.54, 1.807) is 31.8 Å². The Bertz CT molecular complexity index is 1340. The molecule has 0 atom stereocenters. The summed E-state index contributed by atoms with van der Waals surface area (Å²) in [6.07, 6.45) is 5.74. The van der Waals surface area contributed by atoms with Crippen LogP contribution in [0.1, 0.15) is 21.7 Å². The Kier molecular flexibility index (Phi) is 6.05. The highest BCUT2D eigenvalue weighted by atomic mass is 35.5. The summed E-state index contributed by atoms with van der Waals surface area (Å²) in [6, 6.07) is 12.9. The molecule has 4 heterocycles. The number of anilines is 2. The van der Waals surface area contributed by atoms with Crippen molar-refractivity contribution in [1.29, 1.82) is 0 Å². The van der Waals surface area contributed by atoms with Gasteiger partial charge < -0.3 is 25.1 Å². The Labute approximate surface area is 201 Å². The van der Waals surface area contributed by atoms with Gasteiger partial charge in [0.1, 0.15) is 12.4 Å². The van der Waals surface area contributed by atoms with E-state index in [9.17, 15) is 4.79 Å². The molecular weight excluding hydrogens is 454 g/mol. The van der Waals surface area contributed by atoms with E-state index >= 15 is 0 Å². The number of ether oxygens (including phenoxy) is 2. The highest BCUT2D eigenvalue weighted by Gasteiger charge is 2.28. The topological polar surface area (TPSA) is 101 Å². The third kappa shape index (κ3) is 4.15. The highest BCUT2D eigenvalue weighted by molar-refractivity contribution is 6.32. The van der Waals surface area contributed by atoms with E-state index in [2.05, 4.69) is 25.6 Å². The van der Waals surface area contributed by atoms with Gasteiger partial charge in [-0.3, -0.25) is 14.8 Å². The summed E-state index contributed by atoms with van der Waals surface area (Å²) in [4.78, 5) is 24.9. The predicted octanol–water partition coefficient (Wildman–Crippen LogP) is 4.74. The summed E-state index contributed by atoms with van der Waals surface area (Å²) in [5.41, 5.74) is 4.91. The molecule has 172 valence electrons. The number of aromatic amines is 1. The number of nitrogens with one attached hydrogen (secondary N) is 3. The van der Waals surface area contributed by atoms with Crippen molar-refractivity contribution in [2.24, 2.45) is 0 Å². The lowest BCUT2D eigenvalue weighted by Crippen LogP contribution is -2.31. The minimum absolute atomic E-state index is 0.155. The number of halogens is 1. The molecule has 4 aromatic rings. The minimum Gasteiger partial charge on any atom is -0.493 e. The molecule has 34 heavy (non-hydrogen) atoms. The van der Waals surface area contributed by atoms with Crippen LogP contribution in [0.25, 0.3) is 11.3 Å². The van der Waals surface area contributed by atoms with Crippen LogP contribution in [0.15, 0.2) is 61.1 Å². The quantitative estimate of drug-likeness (QED) is 0.357. The SMILES string of the molecule is COc1c(Cl)cccc1Nc1c(-c2ccncc2OCc2ccccn2)[nH]c2c1C(=O)NCC2. The maximum atomic E-state index is 12.9. The van der Waals surface area contributed by atoms with Crippen LogP contribution in [0.5, 0.6) is 11.5 Å². The summed E-state index contributed by atoms with van der Waals surface area (Å²) < 4.78 is 11.6. The normalized spacial score (nSPS) is 12.6. The monoisotopic (exact) mass is 475 g/mol. The van der Waals surface area contributed by atoms with E-state index in [0.717, 1.165) is 17.0 Å². The van der Waals surface area contributed by atoms with Gasteiger partial charge in [-0.1, -0.05) is 23.7 Å². The number of hydrogen-bond donors (Lipinski definition) is 3. The number of carbonyl (C=O) groups excluding carboxylic acids is 1. The van der Waals surface area contributed by atoms with Crippen LogP contribution in [0.3, 0.4) is 0 Å². The number of amides is 1. The second kappa shape index (κ2) is 9.44. The molecule has 0 unspecified atom stereocenters. The zero-order valence-electron chi connectivity index (χ0n) is 18.4. The first-order valence-electron chi connectivity index (χ1n) is 10.8. The summed E-state index contributed by atoms with van der Waals surface area (Å²) >= 11 is 6.34. The maximum Gasteiger partial charge on any atom is 0.255 e. The Balaban J connectivity index is 1.59. The van der Waals surface area contributed by atoms with Crippen molar-refractivity contribution in [1.82, 2.24) is 20.3 Å². The van der Waals surface area contributed by atoms with Gasteiger partial charge in [0, 0.05) is 36.6 Å². The number of carbonyl (C=O) groups is 1. The second-order valence-corrected chi connectivity index (χ2v) is 8.07. The van der Waals surface area contributed by atoms with Crippen LogP contribution in [0.4, 0.5) is 11.4 Å². The molecule has 3 N–H and O–H groups in total. The fourth-order valence-corrected chi connectivity index (χ4v) is 4.24. The molecule has 1 aliphatic rings. The number of H-pyrrole nitrogens is 1. The second-order valence-electron chi connectivity index (χ2n) is 7.66. The van der Waals surface area contributed by atoms with E-state index < -0.39 is 0 Å². The smallest absolute Gasteiger partial charge is 0.255 e. The molecule has 1 aromatic carbocycles. The highest BCUT2D eigenvalue weighted by Crippen LogP contribution is 2.42. The van der Waals surface area contributed by atoms with Gasteiger partial charge in [0.25, 0.3) is 5.91 Å². The van der Waals surface area contributed by atoms with Crippen LogP contribution in [-0.2, 0) is 13.0 Å². The fourth-order valence-electron chi connectivity index (χ4n) is 3.99. The van der Waals surface area contributed by atoms with Gasteiger partial charge in [-0.2, -0.15) is 0 Å². The molecule has 1 aliphatic heterocycles. The standard InChI is InChI=1S/C25H22ClN5O3/c1-33-24-17(26)6-4-7-19(24)31-23-21-18(9-12-29-25(21)32)30-22(23)16-8-11-27-13-20(16)34-14-15-5-2-3-10-28-15/h2-8,10-11,13,30-31H,9,12,14H2,1H3,(H,29,32). The molecule has 0 radical (unpaired) electrons. The number of pyridine rings is 2. The van der Waals surface area contributed by atoms with Crippen LogP contribution in [0, 0.1) is 0 Å². The van der Waals surface area contributed by atoms with E-state index in [1.807, 2.05) is 36.4 Å². The largest absolute Gasteiger partial charge is 0.493 e. The van der Waals surface area contributed by atoms with E-state index in [4.69, 9.17) is 21.1 Å². The van der Waals surface area contributed by atoms with Gasteiger partial charge in [0.15, 0.2) is 5.75 Å². The number of para-hydroxylation sites is 1. The molecule has 0 spiro atoms. The van der Waals surface area contributed by atoms with Crippen LogP contribution in [0.2, 0.25) is 5.02 Å². The van der Waals surface area contributed by atoms with Crippen molar-refractivity contribution in [3.8, 4) is 22.8 Å². The number of rotatable bonds is 7. The first kappa shape index (κ1) is 21.8. The van der Waals surface area contributed by atoms with E-state index in [1.165, 1.54) is 0 Å². The summed E-state index contributed by atoms with van der Waals surface area (Å²) in [5, 5.41) is 6.77. The molecule has 0 saturated heterocycles. The Morgan fingerprint density at radius 1 is 1.15 bits per heavy atom. The van der Waals surface area contributed by atoms with Gasteiger partial charge in [0.2, 0.25) is 0 Å². The molecule has 8 nitrogen and oxygen atoms in total. The molecule has 0 bridgehead atoms. The lowest BCUT2D eigenvalue weighted by Gasteiger charge is -2.17. The third-order valence-electron chi connectivity index (χ3n) is 5.55. The molecule has 9 heteroatoms. The van der Waals surface area contributed by atoms with Gasteiger partial charge in [-0.05, 0) is 30.3 Å². The number of benzene rings is 1. The number of nitrogens with zero attached hydrogens (tertiary/aromatic N) is 2. The molecule has 5 rings (SSSR count). The number of hydrogen-bond acceptors (Lipinski definition) is 6. The van der Waals surface area contributed by atoms with E-state index in [0.29, 0.717) is 52.1 Å². The van der Waals surface area contributed by atoms with Crippen molar-refractivity contribution < 1.29 is 14.3 Å². The van der Waals surface area contributed by atoms with Crippen molar-refractivity contribution in [2.45, 2.75) is 13.0 Å².